The highest BCUT2D eigenvalue weighted by Gasteiger charge is 2.22. The Kier molecular flexibility index (Phi) is 3.41. The number of hydrogen-bond acceptors (Lipinski definition) is 4. The van der Waals surface area contributed by atoms with E-state index in [0.717, 1.165) is 0 Å². The normalized spacial score (nSPS) is 16.6. The van der Waals surface area contributed by atoms with Crippen LogP contribution in [0.4, 0.5) is 0 Å². The van der Waals surface area contributed by atoms with Crippen molar-refractivity contribution in [1.82, 2.24) is 10.6 Å². The first-order valence-electron chi connectivity index (χ1n) is 5.46. The van der Waals surface area contributed by atoms with Gasteiger partial charge in [-0.3, -0.25) is 0 Å². The molecule has 0 aromatic carbocycles. The number of hydrogen-bond donors (Lipinski definition) is 2. The van der Waals surface area contributed by atoms with E-state index in [1.165, 1.54) is 12.5 Å². The molecule has 0 aromatic rings. The average molecular weight is 226 g/mol. The first-order chi connectivity index (χ1) is 7.17. The van der Waals surface area contributed by atoms with Crippen LogP contribution in [0.25, 0.3) is 0 Å². The summed E-state index contributed by atoms with van der Waals surface area (Å²) in [6.07, 6.45) is 3.03. The van der Waals surface area contributed by atoms with Crippen LogP contribution in [0, 0.1) is 0 Å². The highest BCUT2D eigenvalue weighted by Crippen LogP contribution is 2.16. The molecule has 0 saturated heterocycles. The Balaban J connectivity index is 2.80. The van der Waals surface area contributed by atoms with Crippen molar-refractivity contribution in [2.24, 2.45) is 0 Å². The smallest absolute Gasteiger partial charge is 0.254 e. The summed E-state index contributed by atoms with van der Waals surface area (Å²) in [5.74, 6) is 1.23. The third kappa shape index (κ3) is 4.47. The van der Waals surface area contributed by atoms with Crippen LogP contribution >= 0.6 is 0 Å². The standard InChI is InChI=1S/C12H22N2O2/c1-11(2,3)13-9-10(14-12(4,5)6)16-8-7-15-9/h7-8,13-14H,1-6H3. The van der Waals surface area contributed by atoms with Crippen LogP contribution in [0.1, 0.15) is 41.5 Å². The van der Waals surface area contributed by atoms with Gasteiger partial charge in [0.25, 0.3) is 11.8 Å². The maximum atomic E-state index is 5.41. The van der Waals surface area contributed by atoms with E-state index in [1.807, 2.05) is 0 Å². The molecule has 4 nitrogen and oxygen atoms in total. The lowest BCUT2D eigenvalue weighted by Gasteiger charge is -2.29. The first-order valence-corrected chi connectivity index (χ1v) is 5.46. The fourth-order valence-electron chi connectivity index (χ4n) is 1.15. The molecule has 0 fully saturated rings. The molecule has 0 amide bonds. The lowest BCUT2D eigenvalue weighted by Crippen LogP contribution is -2.42. The second-order valence-corrected chi connectivity index (χ2v) is 5.92. The number of rotatable bonds is 2. The second-order valence-electron chi connectivity index (χ2n) is 5.92. The largest absolute Gasteiger partial charge is 0.441 e. The maximum Gasteiger partial charge on any atom is 0.254 e. The van der Waals surface area contributed by atoms with Crippen molar-refractivity contribution in [3.05, 3.63) is 24.3 Å². The van der Waals surface area contributed by atoms with Gasteiger partial charge in [0.05, 0.1) is 0 Å². The molecule has 0 unspecified atom stereocenters. The van der Waals surface area contributed by atoms with Crippen molar-refractivity contribution >= 4 is 0 Å². The molecule has 1 aliphatic rings. The zero-order valence-corrected chi connectivity index (χ0v) is 11.0. The summed E-state index contributed by atoms with van der Waals surface area (Å²) < 4.78 is 10.8. The summed E-state index contributed by atoms with van der Waals surface area (Å²) >= 11 is 0. The molecular formula is C12H22N2O2. The van der Waals surface area contributed by atoms with E-state index >= 15 is 0 Å². The van der Waals surface area contributed by atoms with Gasteiger partial charge < -0.3 is 20.1 Å². The molecule has 0 atom stereocenters. The van der Waals surface area contributed by atoms with Gasteiger partial charge in [-0.05, 0) is 41.5 Å². The summed E-state index contributed by atoms with van der Waals surface area (Å²) in [6.45, 7) is 12.4. The average Bonchev–Trinajstić information content (AvgIpc) is 2.03. The van der Waals surface area contributed by atoms with Crippen molar-refractivity contribution in [2.75, 3.05) is 0 Å². The lowest BCUT2D eigenvalue weighted by molar-refractivity contribution is 0.163. The number of nitrogens with one attached hydrogen (secondary N) is 2. The Morgan fingerprint density at radius 2 is 1.06 bits per heavy atom. The SMILES string of the molecule is CC(C)(C)NC1=C(NC(C)(C)C)OC=CO1. The van der Waals surface area contributed by atoms with Crippen LogP contribution in [-0.2, 0) is 9.47 Å². The van der Waals surface area contributed by atoms with Crippen LogP contribution in [0.2, 0.25) is 0 Å². The molecule has 0 radical (unpaired) electrons. The van der Waals surface area contributed by atoms with Gasteiger partial charge in [-0.15, -0.1) is 0 Å². The second kappa shape index (κ2) is 4.28. The van der Waals surface area contributed by atoms with E-state index in [2.05, 4.69) is 52.2 Å². The molecule has 0 saturated carbocycles. The summed E-state index contributed by atoms with van der Waals surface area (Å²) in [6, 6.07) is 0. The van der Waals surface area contributed by atoms with Gasteiger partial charge in [-0.25, -0.2) is 0 Å². The Morgan fingerprint density at radius 3 is 1.31 bits per heavy atom. The van der Waals surface area contributed by atoms with Crippen molar-refractivity contribution in [3.63, 3.8) is 0 Å². The zero-order chi connectivity index (χ0) is 12.4. The van der Waals surface area contributed by atoms with Crippen molar-refractivity contribution in [2.45, 2.75) is 52.6 Å². The minimum atomic E-state index is -0.0747. The summed E-state index contributed by atoms with van der Waals surface area (Å²) in [5, 5.41) is 6.50. The van der Waals surface area contributed by atoms with Gasteiger partial charge in [-0.2, -0.15) is 0 Å². The first kappa shape index (κ1) is 12.7. The predicted molar refractivity (Wildman–Crippen MR) is 64.1 cm³/mol. The van der Waals surface area contributed by atoms with Gasteiger partial charge in [0.1, 0.15) is 12.5 Å². The van der Waals surface area contributed by atoms with Crippen LogP contribution in [0.3, 0.4) is 0 Å². The summed E-state index contributed by atoms with van der Waals surface area (Å²) in [4.78, 5) is 0. The van der Waals surface area contributed by atoms with E-state index in [4.69, 9.17) is 9.47 Å². The van der Waals surface area contributed by atoms with Crippen LogP contribution in [-0.4, -0.2) is 11.1 Å². The molecule has 0 spiro atoms. The molecule has 1 aliphatic heterocycles. The highest BCUT2D eigenvalue weighted by molar-refractivity contribution is 5.08. The molecule has 4 heteroatoms. The molecule has 0 bridgehead atoms. The molecule has 1 rings (SSSR count). The van der Waals surface area contributed by atoms with Gasteiger partial charge in [0, 0.05) is 11.1 Å². The van der Waals surface area contributed by atoms with Crippen LogP contribution in [0.15, 0.2) is 24.3 Å². The Bertz CT molecular complexity index is 276. The zero-order valence-electron chi connectivity index (χ0n) is 11.0. The Labute approximate surface area is 97.7 Å². The van der Waals surface area contributed by atoms with Crippen molar-refractivity contribution in [1.29, 1.82) is 0 Å². The van der Waals surface area contributed by atoms with Gasteiger partial charge in [0.2, 0.25) is 0 Å². The monoisotopic (exact) mass is 226 g/mol. The highest BCUT2D eigenvalue weighted by atomic mass is 16.6. The van der Waals surface area contributed by atoms with E-state index in [9.17, 15) is 0 Å². The maximum absolute atomic E-state index is 5.41. The van der Waals surface area contributed by atoms with E-state index in [-0.39, 0.29) is 11.1 Å². The van der Waals surface area contributed by atoms with E-state index in [1.54, 1.807) is 0 Å². The third-order valence-corrected chi connectivity index (χ3v) is 1.61. The number of ether oxygens (including phenoxy) is 2. The van der Waals surface area contributed by atoms with E-state index < -0.39 is 0 Å². The van der Waals surface area contributed by atoms with Crippen molar-refractivity contribution < 1.29 is 9.47 Å². The summed E-state index contributed by atoms with van der Waals surface area (Å²) in [5.41, 5.74) is -0.149. The van der Waals surface area contributed by atoms with Gasteiger partial charge in [-0.1, -0.05) is 0 Å². The molecule has 0 aliphatic carbocycles. The Hall–Kier alpha value is -1.32. The molecule has 1 heterocycles. The minimum absolute atomic E-state index is 0.0747. The topological polar surface area (TPSA) is 42.5 Å². The Morgan fingerprint density at radius 1 is 0.750 bits per heavy atom. The fraction of sp³-hybridized carbons (Fsp3) is 0.667. The molecule has 0 aromatic heterocycles. The fourth-order valence-corrected chi connectivity index (χ4v) is 1.15. The van der Waals surface area contributed by atoms with Gasteiger partial charge >= 0.3 is 0 Å². The van der Waals surface area contributed by atoms with Crippen LogP contribution < -0.4 is 10.6 Å². The van der Waals surface area contributed by atoms with Gasteiger partial charge in [0.15, 0.2) is 0 Å². The summed E-state index contributed by atoms with van der Waals surface area (Å²) in [7, 11) is 0. The molecule has 16 heavy (non-hydrogen) atoms. The molecule has 2 N–H and O–H groups in total. The predicted octanol–water partition coefficient (Wildman–Crippen LogP) is 2.41. The molecule has 92 valence electrons. The van der Waals surface area contributed by atoms with Crippen molar-refractivity contribution in [3.8, 4) is 0 Å². The van der Waals surface area contributed by atoms with Crippen LogP contribution in [0.5, 0.6) is 0 Å². The quantitative estimate of drug-likeness (QED) is 0.759. The molecular weight excluding hydrogens is 204 g/mol. The minimum Gasteiger partial charge on any atom is -0.441 e. The third-order valence-electron chi connectivity index (χ3n) is 1.61. The lowest BCUT2D eigenvalue weighted by atomic mass is 10.1. The van der Waals surface area contributed by atoms with E-state index in [0.29, 0.717) is 11.8 Å².